The summed E-state index contributed by atoms with van der Waals surface area (Å²) in [4.78, 5) is 11.0. The van der Waals surface area contributed by atoms with Gasteiger partial charge in [-0.2, -0.15) is 0 Å². The van der Waals surface area contributed by atoms with Crippen LogP contribution in [0.25, 0.3) is 0 Å². The maximum Gasteiger partial charge on any atom is 0.306 e. The van der Waals surface area contributed by atoms with Crippen molar-refractivity contribution in [2.75, 3.05) is 17.6 Å². The smallest absolute Gasteiger partial charge is 0.306 e. The van der Waals surface area contributed by atoms with Gasteiger partial charge in [0.25, 0.3) is 0 Å². The van der Waals surface area contributed by atoms with E-state index in [1.54, 1.807) is 6.07 Å². The van der Waals surface area contributed by atoms with Gasteiger partial charge in [-0.15, -0.1) is 0 Å². The SMILES string of the molecule is CC[C@H](C[C@H]1CNc2cc(N)ccc2O1)C(=O)O. The van der Waals surface area contributed by atoms with Crippen LogP contribution < -0.4 is 15.8 Å². The van der Waals surface area contributed by atoms with Crippen molar-refractivity contribution in [1.82, 2.24) is 0 Å². The summed E-state index contributed by atoms with van der Waals surface area (Å²) in [6.45, 7) is 2.49. The number of rotatable bonds is 4. The van der Waals surface area contributed by atoms with Crippen LogP contribution in [0.15, 0.2) is 18.2 Å². The summed E-state index contributed by atoms with van der Waals surface area (Å²) < 4.78 is 5.79. The number of aliphatic carboxylic acids is 1. The van der Waals surface area contributed by atoms with Gasteiger partial charge in [-0.1, -0.05) is 6.92 Å². The molecule has 1 heterocycles. The Morgan fingerprint density at radius 3 is 3.11 bits per heavy atom. The highest BCUT2D eigenvalue weighted by Crippen LogP contribution is 2.32. The second kappa shape index (κ2) is 5.16. The molecule has 5 nitrogen and oxygen atoms in total. The van der Waals surface area contributed by atoms with E-state index >= 15 is 0 Å². The van der Waals surface area contributed by atoms with Crippen LogP contribution in [-0.4, -0.2) is 23.7 Å². The molecule has 0 unspecified atom stereocenters. The van der Waals surface area contributed by atoms with E-state index in [-0.39, 0.29) is 12.0 Å². The Balaban J connectivity index is 2.03. The summed E-state index contributed by atoms with van der Waals surface area (Å²) in [5, 5.41) is 12.3. The zero-order valence-corrected chi connectivity index (χ0v) is 10.3. The first kappa shape index (κ1) is 12.5. The fourth-order valence-electron chi connectivity index (χ4n) is 2.12. The molecule has 0 spiro atoms. The fourth-order valence-corrected chi connectivity index (χ4v) is 2.12. The second-order valence-corrected chi connectivity index (χ2v) is 4.56. The quantitative estimate of drug-likeness (QED) is 0.711. The number of carboxylic acid groups (broad SMARTS) is 1. The lowest BCUT2D eigenvalue weighted by molar-refractivity contribution is -0.142. The molecule has 18 heavy (non-hydrogen) atoms. The van der Waals surface area contributed by atoms with Gasteiger partial charge < -0.3 is 20.9 Å². The van der Waals surface area contributed by atoms with Gasteiger partial charge in [0.15, 0.2) is 0 Å². The molecular formula is C13H18N2O3. The summed E-state index contributed by atoms with van der Waals surface area (Å²) in [6, 6.07) is 5.41. The normalized spacial score (nSPS) is 19.3. The molecule has 0 amide bonds. The lowest BCUT2D eigenvalue weighted by Crippen LogP contribution is -2.34. The average molecular weight is 250 g/mol. The summed E-state index contributed by atoms with van der Waals surface area (Å²) >= 11 is 0. The summed E-state index contributed by atoms with van der Waals surface area (Å²) in [7, 11) is 0. The largest absolute Gasteiger partial charge is 0.486 e. The molecule has 4 N–H and O–H groups in total. The highest BCUT2D eigenvalue weighted by Gasteiger charge is 2.25. The second-order valence-electron chi connectivity index (χ2n) is 4.56. The molecule has 2 atom stereocenters. The van der Waals surface area contributed by atoms with Crippen molar-refractivity contribution in [3.8, 4) is 5.75 Å². The minimum absolute atomic E-state index is 0.109. The molecule has 0 saturated heterocycles. The van der Waals surface area contributed by atoms with Gasteiger partial charge >= 0.3 is 5.97 Å². The molecule has 2 rings (SSSR count). The number of anilines is 2. The van der Waals surface area contributed by atoms with Gasteiger partial charge in [0.2, 0.25) is 0 Å². The first-order valence-corrected chi connectivity index (χ1v) is 6.13. The van der Waals surface area contributed by atoms with Crippen LogP contribution >= 0.6 is 0 Å². The average Bonchev–Trinajstić information content (AvgIpc) is 2.35. The van der Waals surface area contributed by atoms with Gasteiger partial charge in [0.05, 0.1) is 18.2 Å². The lowest BCUT2D eigenvalue weighted by atomic mass is 9.98. The number of hydrogen-bond donors (Lipinski definition) is 3. The molecular weight excluding hydrogens is 232 g/mol. The third-order valence-corrected chi connectivity index (χ3v) is 3.21. The Morgan fingerprint density at radius 1 is 1.67 bits per heavy atom. The van der Waals surface area contributed by atoms with Crippen LogP contribution in [-0.2, 0) is 4.79 Å². The van der Waals surface area contributed by atoms with Crippen LogP contribution in [0, 0.1) is 5.92 Å². The first-order valence-electron chi connectivity index (χ1n) is 6.13. The van der Waals surface area contributed by atoms with E-state index < -0.39 is 5.97 Å². The number of benzene rings is 1. The minimum Gasteiger partial charge on any atom is -0.486 e. The van der Waals surface area contributed by atoms with Crippen molar-refractivity contribution in [2.45, 2.75) is 25.9 Å². The topological polar surface area (TPSA) is 84.6 Å². The number of carbonyl (C=O) groups is 1. The zero-order chi connectivity index (χ0) is 13.1. The Kier molecular flexibility index (Phi) is 3.60. The lowest BCUT2D eigenvalue weighted by Gasteiger charge is -2.29. The van der Waals surface area contributed by atoms with Crippen molar-refractivity contribution < 1.29 is 14.6 Å². The third-order valence-electron chi connectivity index (χ3n) is 3.21. The van der Waals surface area contributed by atoms with Crippen molar-refractivity contribution in [3.05, 3.63) is 18.2 Å². The van der Waals surface area contributed by atoms with Crippen molar-refractivity contribution in [2.24, 2.45) is 5.92 Å². The van der Waals surface area contributed by atoms with Gasteiger partial charge in [0.1, 0.15) is 11.9 Å². The first-order chi connectivity index (χ1) is 8.60. The predicted molar refractivity (Wildman–Crippen MR) is 69.8 cm³/mol. The maximum atomic E-state index is 11.0. The summed E-state index contributed by atoms with van der Waals surface area (Å²) in [6.07, 6.45) is 1.02. The zero-order valence-electron chi connectivity index (χ0n) is 10.3. The van der Waals surface area contributed by atoms with E-state index in [2.05, 4.69) is 5.32 Å². The molecule has 1 aliphatic heterocycles. The van der Waals surface area contributed by atoms with Crippen molar-refractivity contribution in [3.63, 3.8) is 0 Å². The van der Waals surface area contributed by atoms with Crippen LogP contribution in [0.2, 0.25) is 0 Å². The number of nitrogen functional groups attached to an aromatic ring is 1. The molecule has 0 radical (unpaired) electrons. The number of carboxylic acids is 1. The van der Waals surface area contributed by atoms with Crippen LogP contribution in [0.5, 0.6) is 5.75 Å². The van der Waals surface area contributed by atoms with Crippen molar-refractivity contribution >= 4 is 17.3 Å². The molecule has 0 aliphatic carbocycles. The van der Waals surface area contributed by atoms with Crippen molar-refractivity contribution in [1.29, 1.82) is 0 Å². The van der Waals surface area contributed by atoms with Crippen LogP contribution in [0.4, 0.5) is 11.4 Å². The molecule has 98 valence electrons. The molecule has 1 aliphatic rings. The highest BCUT2D eigenvalue weighted by atomic mass is 16.5. The third kappa shape index (κ3) is 2.67. The van der Waals surface area contributed by atoms with E-state index in [1.807, 2.05) is 19.1 Å². The Hall–Kier alpha value is -1.91. The maximum absolute atomic E-state index is 11.0. The Bertz CT molecular complexity index is 448. The highest BCUT2D eigenvalue weighted by molar-refractivity contribution is 5.70. The predicted octanol–water partition coefficient (Wildman–Crippen LogP) is 1.94. The minimum atomic E-state index is -0.760. The molecule has 1 aromatic carbocycles. The Labute approximate surface area is 106 Å². The molecule has 5 heteroatoms. The van der Waals surface area contributed by atoms with Gasteiger partial charge in [-0.05, 0) is 31.0 Å². The van der Waals surface area contributed by atoms with E-state index in [9.17, 15) is 4.79 Å². The number of ether oxygens (including phenoxy) is 1. The number of nitrogens with two attached hydrogens (primary N) is 1. The summed E-state index contributed by atoms with van der Waals surface area (Å²) in [5.41, 5.74) is 7.24. The summed E-state index contributed by atoms with van der Waals surface area (Å²) in [5.74, 6) is -0.378. The van der Waals surface area contributed by atoms with Gasteiger partial charge in [-0.3, -0.25) is 4.79 Å². The van der Waals surface area contributed by atoms with E-state index in [0.717, 1.165) is 11.4 Å². The standard InChI is InChI=1S/C13H18N2O3/c1-2-8(13(16)17)5-10-7-15-11-6-9(14)3-4-12(11)18-10/h3-4,6,8,10,15H,2,5,7,14H2,1H3,(H,16,17)/t8-,10+/m1/s1. The Morgan fingerprint density at radius 2 is 2.44 bits per heavy atom. The molecule has 0 bridgehead atoms. The van der Waals surface area contributed by atoms with E-state index in [4.69, 9.17) is 15.6 Å². The van der Waals surface area contributed by atoms with Crippen LogP contribution in [0.3, 0.4) is 0 Å². The molecule has 1 aromatic rings. The molecule has 0 fully saturated rings. The van der Waals surface area contributed by atoms with E-state index in [0.29, 0.717) is 25.1 Å². The molecule has 0 aromatic heterocycles. The number of hydrogen-bond acceptors (Lipinski definition) is 4. The van der Waals surface area contributed by atoms with Crippen LogP contribution in [0.1, 0.15) is 19.8 Å². The number of nitrogens with one attached hydrogen (secondary N) is 1. The fraction of sp³-hybridized carbons (Fsp3) is 0.462. The monoisotopic (exact) mass is 250 g/mol. The number of fused-ring (bicyclic) bond motifs is 1. The van der Waals surface area contributed by atoms with E-state index in [1.165, 1.54) is 0 Å². The molecule has 0 saturated carbocycles. The van der Waals surface area contributed by atoms with Gasteiger partial charge in [-0.25, -0.2) is 0 Å². The van der Waals surface area contributed by atoms with Gasteiger partial charge in [0, 0.05) is 5.69 Å².